The fraction of sp³-hybridized carbons (Fsp3) is 0.500. The van der Waals surface area contributed by atoms with Crippen molar-refractivity contribution in [2.45, 2.75) is 32.1 Å². The fourth-order valence-electron chi connectivity index (χ4n) is 2.73. The molecule has 1 aromatic heterocycles. The van der Waals surface area contributed by atoms with Gasteiger partial charge in [0.2, 0.25) is 0 Å². The predicted molar refractivity (Wildman–Crippen MR) is 73.5 cm³/mol. The smallest absolute Gasteiger partial charge is 0.295 e. The lowest BCUT2D eigenvalue weighted by Crippen LogP contribution is -2.06. The molecule has 0 amide bonds. The van der Waals surface area contributed by atoms with Gasteiger partial charge in [-0.25, -0.2) is 0 Å². The summed E-state index contributed by atoms with van der Waals surface area (Å²) in [7, 11) is 0. The summed E-state index contributed by atoms with van der Waals surface area (Å²) < 4.78 is 5.61. The Morgan fingerprint density at radius 3 is 2.94 bits per heavy atom. The molecule has 1 saturated carbocycles. The highest BCUT2D eigenvalue weighted by atomic mass is 16.4. The summed E-state index contributed by atoms with van der Waals surface area (Å²) in [5.41, 5.74) is 8.01. The molecule has 1 aromatic carbocycles. The first-order valence-electron chi connectivity index (χ1n) is 6.72. The minimum absolute atomic E-state index is 0.584. The Balaban J connectivity index is 1.62. The van der Waals surface area contributed by atoms with Gasteiger partial charge in [-0.05, 0) is 24.5 Å². The van der Waals surface area contributed by atoms with Crippen molar-refractivity contribution in [1.82, 2.24) is 4.98 Å². The number of rotatable bonds is 4. The van der Waals surface area contributed by atoms with Crippen molar-refractivity contribution < 1.29 is 4.42 Å². The molecule has 96 valence electrons. The normalized spacial score (nSPS) is 16.4. The maximum atomic E-state index is 5.85. The van der Waals surface area contributed by atoms with E-state index in [-0.39, 0.29) is 0 Å². The summed E-state index contributed by atoms with van der Waals surface area (Å²) in [6, 6.07) is 6.19. The molecule has 0 bridgehead atoms. The van der Waals surface area contributed by atoms with Gasteiger partial charge in [0.25, 0.3) is 6.01 Å². The van der Waals surface area contributed by atoms with Crippen molar-refractivity contribution in [3.05, 3.63) is 18.2 Å². The molecule has 0 spiro atoms. The Labute approximate surface area is 107 Å². The Hall–Kier alpha value is -1.71. The lowest BCUT2D eigenvalue weighted by molar-refractivity contribution is 0.512. The number of hydrogen-bond acceptors (Lipinski definition) is 4. The third-order valence-electron chi connectivity index (χ3n) is 3.75. The van der Waals surface area contributed by atoms with E-state index in [0.717, 1.165) is 23.6 Å². The third kappa shape index (κ3) is 2.28. The molecule has 0 saturated heterocycles. The molecule has 4 nitrogen and oxygen atoms in total. The number of para-hydroxylation sites is 1. The van der Waals surface area contributed by atoms with Crippen LogP contribution in [-0.4, -0.2) is 11.5 Å². The van der Waals surface area contributed by atoms with Gasteiger partial charge < -0.3 is 15.5 Å². The van der Waals surface area contributed by atoms with Crippen LogP contribution in [0.1, 0.15) is 32.1 Å². The van der Waals surface area contributed by atoms with Crippen LogP contribution in [0.5, 0.6) is 0 Å². The molecule has 1 aliphatic rings. The minimum Gasteiger partial charge on any atom is -0.423 e. The molecule has 2 aromatic rings. The van der Waals surface area contributed by atoms with Gasteiger partial charge in [0, 0.05) is 6.54 Å². The van der Waals surface area contributed by atoms with Gasteiger partial charge >= 0.3 is 0 Å². The molecule has 0 atom stereocenters. The highest BCUT2D eigenvalue weighted by molar-refractivity contribution is 5.86. The van der Waals surface area contributed by atoms with Crippen LogP contribution in [0.2, 0.25) is 0 Å². The van der Waals surface area contributed by atoms with E-state index in [2.05, 4.69) is 10.3 Å². The van der Waals surface area contributed by atoms with Crippen LogP contribution in [0, 0.1) is 5.92 Å². The van der Waals surface area contributed by atoms with Crippen molar-refractivity contribution in [2.75, 3.05) is 17.6 Å². The Bertz CT molecular complexity index is 529. The van der Waals surface area contributed by atoms with Crippen LogP contribution in [-0.2, 0) is 0 Å². The number of aromatic nitrogens is 1. The van der Waals surface area contributed by atoms with Crippen molar-refractivity contribution in [3.63, 3.8) is 0 Å². The minimum atomic E-state index is 0.584. The Kier molecular flexibility index (Phi) is 3.09. The van der Waals surface area contributed by atoms with Crippen LogP contribution in [0.3, 0.4) is 0 Å². The van der Waals surface area contributed by atoms with E-state index in [1.54, 1.807) is 0 Å². The van der Waals surface area contributed by atoms with E-state index in [0.29, 0.717) is 11.7 Å². The molecule has 1 fully saturated rings. The Morgan fingerprint density at radius 2 is 2.17 bits per heavy atom. The van der Waals surface area contributed by atoms with E-state index in [1.807, 2.05) is 18.2 Å². The van der Waals surface area contributed by atoms with E-state index >= 15 is 0 Å². The van der Waals surface area contributed by atoms with E-state index < -0.39 is 0 Å². The summed E-state index contributed by atoms with van der Waals surface area (Å²) in [6.07, 6.45) is 6.74. The first-order valence-corrected chi connectivity index (χ1v) is 6.72. The van der Waals surface area contributed by atoms with Crippen LogP contribution >= 0.6 is 0 Å². The van der Waals surface area contributed by atoms with Crippen molar-refractivity contribution in [1.29, 1.82) is 0 Å². The average molecular weight is 245 g/mol. The summed E-state index contributed by atoms with van der Waals surface area (Å²) >= 11 is 0. The number of nitrogens with one attached hydrogen (secondary N) is 1. The molecule has 0 radical (unpaired) electrons. The van der Waals surface area contributed by atoms with Crippen LogP contribution in [0.25, 0.3) is 11.1 Å². The highest BCUT2D eigenvalue weighted by Gasteiger charge is 2.14. The lowest BCUT2D eigenvalue weighted by Gasteiger charge is -2.07. The molecule has 4 heteroatoms. The maximum absolute atomic E-state index is 5.85. The molecule has 1 aliphatic carbocycles. The lowest BCUT2D eigenvalue weighted by atomic mass is 10.0. The number of oxazole rings is 1. The first-order chi connectivity index (χ1) is 8.83. The number of nitrogens with two attached hydrogens (primary N) is 1. The van der Waals surface area contributed by atoms with Gasteiger partial charge in [-0.1, -0.05) is 31.7 Å². The third-order valence-corrected chi connectivity index (χ3v) is 3.75. The highest BCUT2D eigenvalue weighted by Crippen LogP contribution is 2.28. The zero-order valence-corrected chi connectivity index (χ0v) is 10.5. The van der Waals surface area contributed by atoms with Gasteiger partial charge in [-0.15, -0.1) is 0 Å². The van der Waals surface area contributed by atoms with E-state index in [4.69, 9.17) is 10.2 Å². The molecule has 0 unspecified atom stereocenters. The quantitative estimate of drug-likeness (QED) is 0.810. The topological polar surface area (TPSA) is 64.1 Å². The van der Waals surface area contributed by atoms with Gasteiger partial charge in [-0.3, -0.25) is 0 Å². The molecular formula is C14H19N3O. The summed E-state index contributed by atoms with van der Waals surface area (Å²) in [5, 5.41) is 3.25. The molecular weight excluding hydrogens is 226 g/mol. The van der Waals surface area contributed by atoms with Crippen LogP contribution in [0.15, 0.2) is 22.6 Å². The van der Waals surface area contributed by atoms with Crippen molar-refractivity contribution >= 4 is 22.8 Å². The largest absolute Gasteiger partial charge is 0.423 e. The van der Waals surface area contributed by atoms with Gasteiger partial charge in [0.15, 0.2) is 5.58 Å². The first kappa shape index (κ1) is 11.4. The molecule has 18 heavy (non-hydrogen) atoms. The summed E-state index contributed by atoms with van der Waals surface area (Å²) in [5.74, 6) is 0.881. The number of nitrogens with zero attached hydrogens (tertiary/aromatic N) is 1. The number of fused-ring (bicyclic) bond motifs is 1. The second kappa shape index (κ2) is 4.88. The van der Waals surface area contributed by atoms with E-state index in [1.165, 1.54) is 32.1 Å². The fourth-order valence-corrected chi connectivity index (χ4v) is 2.73. The average Bonchev–Trinajstić information content (AvgIpc) is 2.98. The van der Waals surface area contributed by atoms with Gasteiger partial charge in [-0.2, -0.15) is 4.98 Å². The molecule has 0 aliphatic heterocycles. The molecule has 3 rings (SSSR count). The van der Waals surface area contributed by atoms with Crippen molar-refractivity contribution in [3.8, 4) is 0 Å². The number of benzene rings is 1. The van der Waals surface area contributed by atoms with Gasteiger partial charge in [0.05, 0.1) is 5.69 Å². The summed E-state index contributed by atoms with van der Waals surface area (Å²) in [4.78, 5) is 4.37. The number of nitrogen functional groups attached to an aromatic ring is 1. The molecule has 3 N–H and O–H groups in total. The van der Waals surface area contributed by atoms with Crippen LogP contribution in [0.4, 0.5) is 11.7 Å². The monoisotopic (exact) mass is 245 g/mol. The molecule has 1 heterocycles. The predicted octanol–water partition coefficient (Wildman–Crippen LogP) is 3.40. The van der Waals surface area contributed by atoms with Crippen molar-refractivity contribution in [2.24, 2.45) is 5.92 Å². The number of hydrogen-bond donors (Lipinski definition) is 2. The second-order valence-electron chi connectivity index (χ2n) is 5.08. The van der Waals surface area contributed by atoms with Crippen LogP contribution < -0.4 is 11.1 Å². The SMILES string of the molecule is Nc1cccc2oc(NCCC3CCCC3)nc12. The zero-order chi connectivity index (χ0) is 12.4. The number of anilines is 2. The van der Waals surface area contributed by atoms with E-state index in [9.17, 15) is 0 Å². The standard InChI is InChI=1S/C14H19N3O/c15-11-6-3-7-12-13(11)17-14(18-12)16-9-8-10-4-1-2-5-10/h3,6-7,10H,1-2,4-5,8-9,15H2,(H,16,17). The Morgan fingerprint density at radius 1 is 1.33 bits per heavy atom. The second-order valence-corrected chi connectivity index (χ2v) is 5.08. The van der Waals surface area contributed by atoms with Gasteiger partial charge in [0.1, 0.15) is 5.52 Å². The zero-order valence-electron chi connectivity index (χ0n) is 10.5. The maximum Gasteiger partial charge on any atom is 0.295 e. The summed E-state index contributed by atoms with van der Waals surface area (Å²) in [6.45, 7) is 0.928.